The summed E-state index contributed by atoms with van der Waals surface area (Å²) in [6.45, 7) is 4.03. The number of alkyl halides is 3. The summed E-state index contributed by atoms with van der Waals surface area (Å²) in [5.74, 6) is 0.0312. The highest BCUT2D eigenvalue weighted by Crippen LogP contribution is 2.32. The van der Waals surface area contributed by atoms with E-state index in [2.05, 4.69) is 9.97 Å². The van der Waals surface area contributed by atoms with E-state index in [1.165, 1.54) is 11.8 Å². The summed E-state index contributed by atoms with van der Waals surface area (Å²) in [6.07, 6.45) is -4.52. The molecular formula is C13H13F3N2S. The Hall–Kier alpha value is -1.30. The molecule has 19 heavy (non-hydrogen) atoms. The van der Waals surface area contributed by atoms with Gasteiger partial charge in [0, 0.05) is 11.1 Å². The molecule has 6 heteroatoms. The summed E-state index contributed by atoms with van der Waals surface area (Å²) >= 11 is 1.34. The van der Waals surface area contributed by atoms with Gasteiger partial charge in [-0.05, 0) is 12.0 Å². The Kier molecular flexibility index (Phi) is 3.99. The summed E-state index contributed by atoms with van der Waals surface area (Å²) < 4.78 is 38.3. The van der Waals surface area contributed by atoms with Crippen LogP contribution < -0.4 is 0 Å². The third kappa shape index (κ3) is 3.37. The molecule has 0 radical (unpaired) electrons. The van der Waals surface area contributed by atoms with E-state index in [1.54, 1.807) is 24.3 Å². The second-order valence-corrected chi connectivity index (χ2v) is 5.58. The van der Waals surface area contributed by atoms with E-state index in [0.717, 1.165) is 5.75 Å². The van der Waals surface area contributed by atoms with Crippen molar-refractivity contribution in [1.29, 1.82) is 0 Å². The molecule has 0 saturated carbocycles. The molecule has 0 bridgehead atoms. The molecule has 0 N–H and O–H groups in total. The zero-order valence-corrected chi connectivity index (χ0v) is 11.3. The molecule has 0 aliphatic heterocycles. The molecular weight excluding hydrogens is 273 g/mol. The van der Waals surface area contributed by atoms with Crippen molar-refractivity contribution in [2.45, 2.75) is 25.0 Å². The SMILES string of the molecule is CC(C)CSc1nc(C(F)(F)F)nc2ccccc12. The van der Waals surface area contributed by atoms with Crippen LogP contribution in [0, 0.1) is 5.92 Å². The van der Waals surface area contributed by atoms with Crippen molar-refractivity contribution in [2.75, 3.05) is 5.75 Å². The summed E-state index contributed by atoms with van der Waals surface area (Å²) in [5, 5.41) is 1.06. The van der Waals surface area contributed by atoms with Gasteiger partial charge in [-0.15, -0.1) is 11.8 Å². The number of benzene rings is 1. The standard InChI is InChI=1S/C13H13F3N2S/c1-8(2)7-19-11-9-5-3-4-6-10(9)17-12(18-11)13(14,15)16/h3-6,8H,7H2,1-2H3. The minimum atomic E-state index is -4.52. The van der Waals surface area contributed by atoms with E-state index in [-0.39, 0.29) is 0 Å². The minimum Gasteiger partial charge on any atom is -0.224 e. The third-order valence-corrected chi connectivity index (χ3v) is 3.79. The first-order valence-corrected chi connectivity index (χ1v) is 6.83. The Bertz CT molecular complexity index is 582. The fourth-order valence-electron chi connectivity index (χ4n) is 1.53. The topological polar surface area (TPSA) is 25.8 Å². The lowest BCUT2D eigenvalue weighted by Gasteiger charge is -2.11. The van der Waals surface area contributed by atoms with Crippen LogP contribution in [0.1, 0.15) is 19.7 Å². The molecule has 0 aliphatic rings. The predicted octanol–water partition coefficient (Wildman–Crippen LogP) is 4.40. The maximum absolute atomic E-state index is 12.8. The van der Waals surface area contributed by atoms with Crippen LogP contribution >= 0.6 is 11.8 Å². The highest BCUT2D eigenvalue weighted by atomic mass is 32.2. The summed E-state index contributed by atoms with van der Waals surface area (Å²) in [7, 11) is 0. The zero-order valence-electron chi connectivity index (χ0n) is 10.5. The van der Waals surface area contributed by atoms with Gasteiger partial charge in [-0.1, -0.05) is 32.0 Å². The van der Waals surface area contributed by atoms with Crippen molar-refractivity contribution < 1.29 is 13.2 Å². The summed E-state index contributed by atoms with van der Waals surface area (Å²) in [5.41, 5.74) is 0.330. The van der Waals surface area contributed by atoms with Gasteiger partial charge in [-0.2, -0.15) is 13.2 Å². The van der Waals surface area contributed by atoms with Crippen LogP contribution in [0.4, 0.5) is 13.2 Å². The normalized spacial score (nSPS) is 12.3. The molecule has 0 aliphatic carbocycles. The second-order valence-electron chi connectivity index (χ2n) is 4.57. The first kappa shape index (κ1) is 14.1. The fraction of sp³-hybridized carbons (Fsp3) is 0.385. The summed E-state index contributed by atoms with van der Waals surface area (Å²) in [6, 6.07) is 6.77. The molecule has 2 aromatic rings. The number of hydrogen-bond donors (Lipinski definition) is 0. The zero-order chi connectivity index (χ0) is 14.0. The molecule has 1 heterocycles. The lowest BCUT2D eigenvalue weighted by atomic mass is 10.2. The largest absolute Gasteiger partial charge is 0.451 e. The molecule has 102 valence electrons. The van der Waals surface area contributed by atoms with Crippen molar-refractivity contribution in [1.82, 2.24) is 9.97 Å². The van der Waals surface area contributed by atoms with Gasteiger partial charge in [-0.25, -0.2) is 9.97 Å². The van der Waals surface area contributed by atoms with Crippen LogP contribution in [0.25, 0.3) is 10.9 Å². The Balaban J connectivity index is 2.52. The van der Waals surface area contributed by atoms with Gasteiger partial charge in [0.2, 0.25) is 5.82 Å². The van der Waals surface area contributed by atoms with Crippen LogP contribution in [0.3, 0.4) is 0 Å². The summed E-state index contributed by atoms with van der Waals surface area (Å²) in [4.78, 5) is 7.26. The molecule has 2 rings (SSSR count). The van der Waals surface area contributed by atoms with Crippen LogP contribution in [0.5, 0.6) is 0 Å². The number of aromatic nitrogens is 2. The van der Waals surface area contributed by atoms with Crippen molar-refractivity contribution in [3.8, 4) is 0 Å². The van der Waals surface area contributed by atoms with Crippen molar-refractivity contribution in [2.24, 2.45) is 5.92 Å². The molecule has 2 nitrogen and oxygen atoms in total. The van der Waals surface area contributed by atoms with Gasteiger partial charge in [-0.3, -0.25) is 0 Å². The molecule has 0 unspecified atom stereocenters. The van der Waals surface area contributed by atoms with Crippen molar-refractivity contribution in [3.63, 3.8) is 0 Å². The van der Waals surface area contributed by atoms with Crippen molar-refractivity contribution >= 4 is 22.7 Å². The smallest absolute Gasteiger partial charge is 0.224 e. The maximum Gasteiger partial charge on any atom is 0.451 e. The lowest BCUT2D eigenvalue weighted by Crippen LogP contribution is -2.12. The van der Waals surface area contributed by atoms with Crippen LogP contribution in [-0.2, 0) is 6.18 Å². The van der Waals surface area contributed by atoms with E-state index in [0.29, 0.717) is 21.8 Å². The van der Waals surface area contributed by atoms with Gasteiger partial charge >= 0.3 is 6.18 Å². The number of rotatable bonds is 3. The Morgan fingerprint density at radius 2 is 1.84 bits per heavy atom. The monoisotopic (exact) mass is 286 g/mol. The average molecular weight is 286 g/mol. The molecule has 1 aromatic heterocycles. The van der Waals surface area contributed by atoms with Gasteiger partial charge < -0.3 is 0 Å². The van der Waals surface area contributed by atoms with Gasteiger partial charge in [0.15, 0.2) is 0 Å². The quantitative estimate of drug-likeness (QED) is 0.618. The maximum atomic E-state index is 12.8. The van der Waals surface area contributed by atoms with E-state index in [9.17, 15) is 13.2 Å². The molecule has 0 fully saturated rings. The van der Waals surface area contributed by atoms with E-state index in [4.69, 9.17) is 0 Å². The minimum absolute atomic E-state index is 0.330. The number of thioether (sulfide) groups is 1. The second kappa shape index (κ2) is 5.36. The molecule has 0 amide bonds. The van der Waals surface area contributed by atoms with Gasteiger partial charge in [0.1, 0.15) is 5.03 Å². The lowest BCUT2D eigenvalue weighted by molar-refractivity contribution is -0.145. The molecule has 0 saturated heterocycles. The number of halogens is 3. The Morgan fingerprint density at radius 1 is 1.16 bits per heavy atom. The third-order valence-electron chi connectivity index (χ3n) is 2.38. The number of hydrogen-bond acceptors (Lipinski definition) is 3. The molecule has 1 aromatic carbocycles. The van der Waals surface area contributed by atoms with E-state index >= 15 is 0 Å². The van der Waals surface area contributed by atoms with Gasteiger partial charge in [0.05, 0.1) is 5.52 Å². The predicted molar refractivity (Wildman–Crippen MR) is 70.1 cm³/mol. The van der Waals surface area contributed by atoms with Gasteiger partial charge in [0.25, 0.3) is 0 Å². The highest BCUT2D eigenvalue weighted by molar-refractivity contribution is 7.99. The number of nitrogens with zero attached hydrogens (tertiary/aromatic N) is 2. The van der Waals surface area contributed by atoms with Crippen LogP contribution in [0.2, 0.25) is 0 Å². The first-order valence-electron chi connectivity index (χ1n) is 5.84. The van der Waals surface area contributed by atoms with Crippen molar-refractivity contribution in [3.05, 3.63) is 30.1 Å². The number of para-hydroxylation sites is 1. The highest BCUT2D eigenvalue weighted by Gasteiger charge is 2.35. The van der Waals surface area contributed by atoms with E-state index in [1.807, 2.05) is 13.8 Å². The van der Waals surface area contributed by atoms with E-state index < -0.39 is 12.0 Å². The molecule has 0 atom stereocenters. The van der Waals surface area contributed by atoms with Crippen LogP contribution in [-0.4, -0.2) is 15.7 Å². The van der Waals surface area contributed by atoms with Crippen LogP contribution in [0.15, 0.2) is 29.3 Å². The first-order chi connectivity index (χ1) is 8.88. The number of fused-ring (bicyclic) bond motifs is 1. The Morgan fingerprint density at radius 3 is 2.47 bits per heavy atom. The molecule has 0 spiro atoms. The fourth-order valence-corrected chi connectivity index (χ4v) is 2.50. The average Bonchev–Trinajstić information content (AvgIpc) is 2.34. The Labute approximate surface area is 113 Å².